The minimum absolute atomic E-state index is 0.266. The SMILES string of the molecule is CCc1cc(CNS(=O)O)ccc1N(C=O)CCCF. The van der Waals surface area contributed by atoms with Crippen molar-refractivity contribution in [1.82, 2.24) is 4.72 Å². The Balaban J connectivity index is 2.90. The number of anilines is 1. The monoisotopic (exact) mass is 302 g/mol. The van der Waals surface area contributed by atoms with Gasteiger partial charge in [0.05, 0.1) is 6.67 Å². The van der Waals surface area contributed by atoms with Crippen molar-refractivity contribution in [2.45, 2.75) is 26.3 Å². The number of halogens is 1. The molecule has 0 saturated heterocycles. The number of benzene rings is 1. The molecule has 1 unspecified atom stereocenters. The van der Waals surface area contributed by atoms with E-state index in [0.717, 1.165) is 16.8 Å². The van der Waals surface area contributed by atoms with Crippen LogP contribution in [0.25, 0.3) is 0 Å². The maximum atomic E-state index is 12.2. The van der Waals surface area contributed by atoms with E-state index in [9.17, 15) is 13.4 Å². The number of alkyl halides is 1. The first-order valence-corrected chi connectivity index (χ1v) is 7.47. The second-order valence-electron chi connectivity index (χ2n) is 4.23. The van der Waals surface area contributed by atoms with Gasteiger partial charge in [0.25, 0.3) is 0 Å². The number of rotatable bonds is 9. The van der Waals surface area contributed by atoms with Crippen LogP contribution >= 0.6 is 0 Å². The molecule has 1 aromatic rings. The van der Waals surface area contributed by atoms with Crippen LogP contribution in [0.1, 0.15) is 24.5 Å². The number of carbonyl (C=O) groups is 1. The Morgan fingerprint density at radius 1 is 1.50 bits per heavy atom. The van der Waals surface area contributed by atoms with Crippen LogP contribution in [0.3, 0.4) is 0 Å². The van der Waals surface area contributed by atoms with E-state index >= 15 is 0 Å². The highest BCUT2D eigenvalue weighted by molar-refractivity contribution is 7.77. The third-order valence-electron chi connectivity index (χ3n) is 2.89. The molecule has 0 aliphatic carbocycles. The minimum Gasteiger partial charge on any atom is -0.315 e. The van der Waals surface area contributed by atoms with E-state index in [-0.39, 0.29) is 6.54 Å². The summed E-state index contributed by atoms with van der Waals surface area (Å²) in [6.45, 7) is 2.10. The highest BCUT2D eigenvalue weighted by atomic mass is 32.2. The number of hydrogen-bond acceptors (Lipinski definition) is 2. The molecule has 1 rings (SSSR count). The summed E-state index contributed by atoms with van der Waals surface area (Å²) in [6, 6.07) is 5.43. The zero-order valence-electron chi connectivity index (χ0n) is 11.3. The van der Waals surface area contributed by atoms with Gasteiger partial charge in [0.15, 0.2) is 0 Å². The zero-order valence-corrected chi connectivity index (χ0v) is 12.2. The standard InChI is InChI=1S/C13H19FN2O3S/c1-2-12-8-11(9-15-20(18)19)4-5-13(12)16(10-17)7-3-6-14/h4-5,8,10,15H,2-3,6-7,9H2,1H3,(H,18,19). The van der Waals surface area contributed by atoms with Gasteiger partial charge in [0.2, 0.25) is 17.7 Å². The van der Waals surface area contributed by atoms with Gasteiger partial charge in [-0.3, -0.25) is 13.7 Å². The summed E-state index contributed by atoms with van der Waals surface area (Å²) in [4.78, 5) is 12.6. The van der Waals surface area contributed by atoms with Gasteiger partial charge in [-0.2, -0.15) is 0 Å². The highest BCUT2D eigenvalue weighted by Gasteiger charge is 2.10. The minimum atomic E-state index is -2.05. The van der Waals surface area contributed by atoms with E-state index in [1.54, 1.807) is 12.1 Å². The Hall–Kier alpha value is -1.31. The average Bonchev–Trinajstić information content (AvgIpc) is 2.46. The van der Waals surface area contributed by atoms with Crippen molar-refractivity contribution in [3.8, 4) is 0 Å². The lowest BCUT2D eigenvalue weighted by atomic mass is 10.1. The fourth-order valence-corrected chi connectivity index (χ4v) is 2.21. The molecule has 7 heteroatoms. The first-order chi connectivity index (χ1) is 9.62. The molecular weight excluding hydrogens is 283 g/mol. The summed E-state index contributed by atoms with van der Waals surface area (Å²) in [5, 5.41) is 0. The molecule has 0 aromatic heterocycles. The molecule has 112 valence electrons. The second kappa shape index (κ2) is 8.78. The fourth-order valence-electron chi connectivity index (χ4n) is 1.92. The number of nitrogens with one attached hydrogen (secondary N) is 1. The molecule has 5 nitrogen and oxygen atoms in total. The molecule has 0 aliphatic rings. The highest BCUT2D eigenvalue weighted by Crippen LogP contribution is 2.22. The Kier molecular flexibility index (Phi) is 7.35. The Morgan fingerprint density at radius 2 is 2.25 bits per heavy atom. The Labute approximate surface area is 120 Å². The number of nitrogens with zero attached hydrogens (tertiary/aromatic N) is 1. The van der Waals surface area contributed by atoms with E-state index in [1.807, 2.05) is 13.0 Å². The van der Waals surface area contributed by atoms with Crippen LogP contribution in [0.5, 0.6) is 0 Å². The molecule has 0 fully saturated rings. The van der Waals surface area contributed by atoms with E-state index < -0.39 is 17.9 Å². The largest absolute Gasteiger partial charge is 0.315 e. The number of carbonyl (C=O) groups excluding carboxylic acids is 1. The summed E-state index contributed by atoms with van der Waals surface area (Å²) in [5.74, 6) is 0. The summed E-state index contributed by atoms with van der Waals surface area (Å²) in [7, 11) is 0. The van der Waals surface area contributed by atoms with Gasteiger partial charge in [0, 0.05) is 18.8 Å². The summed E-state index contributed by atoms with van der Waals surface area (Å²) in [6.07, 6.45) is 1.71. The predicted molar refractivity (Wildman–Crippen MR) is 77.4 cm³/mol. The van der Waals surface area contributed by atoms with Crippen LogP contribution in [0, 0.1) is 0 Å². The van der Waals surface area contributed by atoms with Crippen LogP contribution in [-0.2, 0) is 29.0 Å². The molecule has 0 radical (unpaired) electrons. The molecule has 0 saturated carbocycles. The molecule has 0 spiro atoms. The van der Waals surface area contributed by atoms with E-state index in [1.165, 1.54) is 4.90 Å². The van der Waals surface area contributed by atoms with E-state index in [2.05, 4.69) is 4.72 Å². The fraction of sp³-hybridized carbons (Fsp3) is 0.462. The van der Waals surface area contributed by atoms with Crippen molar-refractivity contribution in [2.24, 2.45) is 0 Å². The molecule has 1 amide bonds. The van der Waals surface area contributed by atoms with Gasteiger partial charge in [-0.15, -0.1) is 0 Å². The molecule has 1 aromatic carbocycles. The smallest absolute Gasteiger partial charge is 0.232 e. The summed E-state index contributed by atoms with van der Waals surface area (Å²) < 4.78 is 33.9. The lowest BCUT2D eigenvalue weighted by Crippen LogP contribution is -2.24. The van der Waals surface area contributed by atoms with Gasteiger partial charge in [0.1, 0.15) is 0 Å². The van der Waals surface area contributed by atoms with Crippen LogP contribution in [0.15, 0.2) is 18.2 Å². The number of aryl methyl sites for hydroxylation is 1. The molecule has 2 N–H and O–H groups in total. The van der Waals surface area contributed by atoms with Gasteiger partial charge >= 0.3 is 0 Å². The van der Waals surface area contributed by atoms with Gasteiger partial charge in [-0.1, -0.05) is 19.1 Å². The van der Waals surface area contributed by atoms with Crippen molar-refractivity contribution >= 4 is 23.4 Å². The van der Waals surface area contributed by atoms with Crippen molar-refractivity contribution in [2.75, 3.05) is 18.1 Å². The molecule has 1 atom stereocenters. The van der Waals surface area contributed by atoms with Gasteiger partial charge in [-0.05, 0) is 30.0 Å². The van der Waals surface area contributed by atoms with Gasteiger partial charge < -0.3 is 4.90 Å². The second-order valence-corrected chi connectivity index (χ2v) is 5.02. The van der Waals surface area contributed by atoms with Crippen LogP contribution in [-0.4, -0.2) is 28.4 Å². The molecule has 20 heavy (non-hydrogen) atoms. The number of amides is 1. The van der Waals surface area contributed by atoms with E-state index in [4.69, 9.17) is 4.55 Å². The third-order valence-corrected chi connectivity index (χ3v) is 3.29. The topological polar surface area (TPSA) is 69.6 Å². The maximum Gasteiger partial charge on any atom is 0.232 e. The third kappa shape index (κ3) is 4.99. The van der Waals surface area contributed by atoms with E-state index in [0.29, 0.717) is 25.8 Å². The molecule has 0 aliphatic heterocycles. The quantitative estimate of drug-likeness (QED) is 0.540. The molecular formula is C13H19FN2O3S. The van der Waals surface area contributed by atoms with Crippen molar-refractivity contribution in [3.05, 3.63) is 29.3 Å². The van der Waals surface area contributed by atoms with Crippen LogP contribution < -0.4 is 9.62 Å². The maximum absolute atomic E-state index is 12.2. The first-order valence-electron chi connectivity index (χ1n) is 6.36. The first kappa shape index (κ1) is 16.7. The Bertz CT molecular complexity index is 471. The van der Waals surface area contributed by atoms with Crippen molar-refractivity contribution < 1.29 is 17.9 Å². The van der Waals surface area contributed by atoms with Crippen LogP contribution in [0.2, 0.25) is 0 Å². The van der Waals surface area contributed by atoms with Gasteiger partial charge in [-0.25, -0.2) is 8.93 Å². The number of hydrogen-bond donors (Lipinski definition) is 2. The zero-order chi connectivity index (χ0) is 15.0. The van der Waals surface area contributed by atoms with Crippen molar-refractivity contribution in [3.63, 3.8) is 0 Å². The lowest BCUT2D eigenvalue weighted by molar-refractivity contribution is -0.107. The van der Waals surface area contributed by atoms with Crippen LogP contribution in [0.4, 0.5) is 10.1 Å². The summed E-state index contributed by atoms with van der Waals surface area (Å²) >= 11 is -2.05. The van der Waals surface area contributed by atoms with Crippen molar-refractivity contribution in [1.29, 1.82) is 0 Å². The molecule has 0 bridgehead atoms. The summed E-state index contributed by atoms with van der Waals surface area (Å²) in [5.41, 5.74) is 2.55. The molecule has 0 heterocycles. The predicted octanol–water partition coefficient (Wildman–Crippen LogP) is 1.80. The lowest BCUT2D eigenvalue weighted by Gasteiger charge is -2.20. The normalized spacial score (nSPS) is 12.2. The average molecular weight is 302 g/mol. The Morgan fingerprint density at radius 3 is 2.80 bits per heavy atom.